The van der Waals surface area contributed by atoms with E-state index in [-0.39, 0.29) is 12.1 Å². The lowest BCUT2D eigenvalue weighted by atomic mass is 10.1. The van der Waals surface area contributed by atoms with Crippen LogP contribution in [0.5, 0.6) is 0 Å². The molecule has 0 bridgehead atoms. The lowest BCUT2D eigenvalue weighted by Crippen LogP contribution is -2.06. The minimum Gasteiger partial charge on any atom is -0.462 e. The molecule has 1 fully saturated rings. The number of esters is 1. The van der Waals surface area contributed by atoms with Crippen LogP contribution < -0.4 is 0 Å². The Morgan fingerprint density at radius 2 is 2.08 bits per heavy atom. The Labute approximate surface area is 80.7 Å². The fourth-order valence-electron chi connectivity index (χ4n) is 1.76. The quantitative estimate of drug-likeness (QED) is 0.362. The van der Waals surface area contributed by atoms with Crippen molar-refractivity contribution in [2.45, 2.75) is 64.4 Å². The molecular formula is C11H20O2. The summed E-state index contributed by atoms with van der Waals surface area (Å²) in [5.41, 5.74) is 0. The van der Waals surface area contributed by atoms with Crippen LogP contribution in [0.1, 0.15) is 58.3 Å². The van der Waals surface area contributed by atoms with Gasteiger partial charge in [0.25, 0.3) is 0 Å². The second kappa shape index (κ2) is 6.01. The fourth-order valence-corrected chi connectivity index (χ4v) is 1.76. The molecule has 1 aliphatic rings. The molecule has 1 aliphatic heterocycles. The van der Waals surface area contributed by atoms with Crippen LogP contribution in [0.3, 0.4) is 0 Å². The molecule has 1 heterocycles. The molecule has 2 nitrogen and oxygen atoms in total. The Morgan fingerprint density at radius 3 is 2.69 bits per heavy atom. The number of carbonyl (C=O) groups excluding carboxylic acids is 1. The lowest BCUT2D eigenvalue weighted by molar-refractivity contribution is -0.141. The fraction of sp³-hybridized carbons (Fsp3) is 0.909. The Morgan fingerprint density at radius 1 is 1.31 bits per heavy atom. The third-order valence-electron chi connectivity index (χ3n) is 2.60. The second-order valence-electron chi connectivity index (χ2n) is 3.85. The van der Waals surface area contributed by atoms with Crippen LogP contribution in [0.25, 0.3) is 0 Å². The van der Waals surface area contributed by atoms with Gasteiger partial charge >= 0.3 is 5.97 Å². The molecular weight excluding hydrogens is 166 g/mol. The molecule has 0 aromatic heterocycles. The zero-order valence-electron chi connectivity index (χ0n) is 8.55. The summed E-state index contributed by atoms with van der Waals surface area (Å²) in [6.07, 6.45) is 9.39. The van der Waals surface area contributed by atoms with E-state index in [2.05, 4.69) is 6.92 Å². The van der Waals surface area contributed by atoms with Gasteiger partial charge in [0.15, 0.2) is 0 Å². The molecule has 0 amide bonds. The van der Waals surface area contributed by atoms with Gasteiger partial charge in [0.2, 0.25) is 0 Å². The van der Waals surface area contributed by atoms with Gasteiger partial charge in [0.05, 0.1) is 0 Å². The summed E-state index contributed by atoms with van der Waals surface area (Å²) in [6, 6.07) is 0. The van der Waals surface area contributed by atoms with E-state index in [0.717, 1.165) is 12.8 Å². The van der Waals surface area contributed by atoms with Crippen LogP contribution in [0, 0.1) is 0 Å². The van der Waals surface area contributed by atoms with Crippen LogP contribution in [0.2, 0.25) is 0 Å². The lowest BCUT2D eigenvalue weighted by Gasteiger charge is -2.07. The molecule has 13 heavy (non-hydrogen) atoms. The highest BCUT2D eigenvalue weighted by Gasteiger charge is 2.22. The summed E-state index contributed by atoms with van der Waals surface area (Å²) < 4.78 is 5.13. The van der Waals surface area contributed by atoms with Crippen LogP contribution in [-0.2, 0) is 9.53 Å². The van der Waals surface area contributed by atoms with Gasteiger partial charge in [0, 0.05) is 6.42 Å². The number of hydrogen-bond donors (Lipinski definition) is 0. The summed E-state index contributed by atoms with van der Waals surface area (Å²) >= 11 is 0. The first-order valence-corrected chi connectivity index (χ1v) is 5.52. The molecule has 0 aromatic carbocycles. The Balaban J connectivity index is 1.91. The number of unbranched alkanes of at least 4 members (excludes halogenated alkanes) is 4. The molecule has 0 N–H and O–H groups in total. The van der Waals surface area contributed by atoms with Crippen molar-refractivity contribution >= 4 is 5.97 Å². The van der Waals surface area contributed by atoms with Crippen molar-refractivity contribution in [1.29, 1.82) is 0 Å². The highest BCUT2D eigenvalue weighted by molar-refractivity contribution is 5.71. The van der Waals surface area contributed by atoms with Crippen molar-refractivity contribution in [2.75, 3.05) is 0 Å². The first kappa shape index (κ1) is 10.6. The number of ether oxygens (including phenoxy) is 1. The van der Waals surface area contributed by atoms with E-state index in [0.29, 0.717) is 6.42 Å². The minimum absolute atomic E-state index is 0.00134. The van der Waals surface area contributed by atoms with E-state index in [9.17, 15) is 4.79 Å². The number of rotatable bonds is 6. The maximum atomic E-state index is 10.8. The van der Waals surface area contributed by atoms with Crippen molar-refractivity contribution in [1.82, 2.24) is 0 Å². The summed E-state index contributed by atoms with van der Waals surface area (Å²) in [5.74, 6) is -0.00134. The van der Waals surface area contributed by atoms with Crippen molar-refractivity contribution < 1.29 is 9.53 Å². The average Bonchev–Trinajstić information content (AvgIpc) is 2.51. The molecule has 0 unspecified atom stereocenters. The molecule has 1 saturated heterocycles. The van der Waals surface area contributed by atoms with E-state index in [1.54, 1.807) is 0 Å². The predicted molar refractivity (Wildman–Crippen MR) is 52.5 cm³/mol. The summed E-state index contributed by atoms with van der Waals surface area (Å²) in [4.78, 5) is 10.8. The van der Waals surface area contributed by atoms with Gasteiger partial charge in [-0.05, 0) is 19.3 Å². The van der Waals surface area contributed by atoms with E-state index in [1.165, 1.54) is 32.1 Å². The average molecular weight is 186 g/mol. The predicted octanol–water partition coefficient (Wildman–Crippen LogP) is 3.05. The van der Waals surface area contributed by atoms with Gasteiger partial charge in [-0.1, -0.05) is 32.6 Å². The van der Waals surface area contributed by atoms with Crippen LogP contribution in [-0.4, -0.2) is 12.1 Å². The van der Waals surface area contributed by atoms with Crippen molar-refractivity contribution in [2.24, 2.45) is 0 Å². The zero-order chi connectivity index (χ0) is 9.52. The largest absolute Gasteiger partial charge is 0.462 e. The second-order valence-corrected chi connectivity index (χ2v) is 3.85. The molecule has 2 heteroatoms. The van der Waals surface area contributed by atoms with Gasteiger partial charge < -0.3 is 4.74 Å². The summed E-state index contributed by atoms with van der Waals surface area (Å²) in [7, 11) is 0. The van der Waals surface area contributed by atoms with Crippen molar-refractivity contribution in [3.63, 3.8) is 0 Å². The van der Waals surface area contributed by atoms with E-state index in [1.807, 2.05) is 0 Å². The summed E-state index contributed by atoms with van der Waals surface area (Å²) in [6.45, 7) is 2.22. The van der Waals surface area contributed by atoms with E-state index in [4.69, 9.17) is 4.74 Å². The third-order valence-corrected chi connectivity index (χ3v) is 2.60. The van der Waals surface area contributed by atoms with Crippen LogP contribution >= 0.6 is 0 Å². The molecule has 0 aromatic rings. The number of carbonyl (C=O) groups is 1. The Bertz CT molecular complexity index is 154. The highest BCUT2D eigenvalue weighted by atomic mass is 18.3. The molecule has 0 radical (unpaired) electrons. The van der Waals surface area contributed by atoms with E-state index >= 15 is 0 Å². The standard InChI is InChI=1S/C11H20O2/c1-2-3-4-5-6-7-10-8-9-11(12)13-10/h10H,2-9H2,1H3/t10-/m1/s1/i13+2. The van der Waals surface area contributed by atoms with Crippen molar-refractivity contribution in [3.05, 3.63) is 0 Å². The SMILES string of the molecule is CCCCCCC[C@@H]1CCC(=O)[18O]1. The van der Waals surface area contributed by atoms with Gasteiger partial charge in [-0.15, -0.1) is 0 Å². The maximum absolute atomic E-state index is 10.8. The Kier molecular flexibility index (Phi) is 4.87. The third kappa shape index (κ3) is 4.30. The number of cyclic esters (lactones) is 1. The molecule has 0 saturated carbocycles. The maximum Gasteiger partial charge on any atom is 0.306 e. The number of hydrogen-bond acceptors (Lipinski definition) is 2. The van der Waals surface area contributed by atoms with Gasteiger partial charge in [-0.2, -0.15) is 0 Å². The zero-order valence-corrected chi connectivity index (χ0v) is 8.55. The van der Waals surface area contributed by atoms with Crippen molar-refractivity contribution in [3.8, 4) is 0 Å². The van der Waals surface area contributed by atoms with Crippen LogP contribution in [0.4, 0.5) is 0 Å². The smallest absolute Gasteiger partial charge is 0.306 e. The summed E-state index contributed by atoms with van der Waals surface area (Å²) in [5, 5.41) is 0. The molecule has 1 atom stereocenters. The Hall–Kier alpha value is -0.530. The molecule has 0 aliphatic carbocycles. The monoisotopic (exact) mass is 186 g/mol. The molecule has 0 spiro atoms. The van der Waals surface area contributed by atoms with Gasteiger partial charge in [-0.25, -0.2) is 0 Å². The van der Waals surface area contributed by atoms with Gasteiger partial charge in [0.1, 0.15) is 6.10 Å². The highest BCUT2D eigenvalue weighted by Crippen LogP contribution is 2.19. The molecule has 1 rings (SSSR count). The first-order chi connectivity index (χ1) is 6.33. The minimum atomic E-state index is -0.00134. The first-order valence-electron chi connectivity index (χ1n) is 5.52. The van der Waals surface area contributed by atoms with Gasteiger partial charge in [-0.3, -0.25) is 4.79 Å². The van der Waals surface area contributed by atoms with Crippen LogP contribution in [0.15, 0.2) is 0 Å². The van der Waals surface area contributed by atoms with E-state index < -0.39 is 0 Å². The molecule has 76 valence electrons. The normalized spacial score (nSPS) is 21.9. The topological polar surface area (TPSA) is 26.3 Å².